The monoisotopic (exact) mass is 257 g/mol. The first-order valence-corrected chi connectivity index (χ1v) is 7.22. The number of nitrogens with one attached hydrogen (secondary N) is 1. The zero-order valence-corrected chi connectivity index (χ0v) is 11.3. The molecule has 0 amide bonds. The molecule has 0 aliphatic heterocycles. The van der Waals surface area contributed by atoms with Gasteiger partial charge >= 0.3 is 0 Å². The number of benzene rings is 1. The van der Waals surface area contributed by atoms with Gasteiger partial charge in [-0.15, -0.1) is 0 Å². The van der Waals surface area contributed by atoms with Gasteiger partial charge in [0.15, 0.2) is 9.84 Å². The number of hydrogen-bond acceptors (Lipinski definition) is 4. The normalized spacial score (nSPS) is 13.4. The first-order chi connectivity index (χ1) is 8.03. The Hall–Kier alpha value is -1.07. The number of hydrogen-bond donors (Lipinski definition) is 1. The second-order valence-electron chi connectivity index (χ2n) is 3.85. The predicted molar refractivity (Wildman–Crippen MR) is 68.2 cm³/mol. The van der Waals surface area contributed by atoms with E-state index in [4.69, 9.17) is 4.74 Å². The Bertz CT molecular complexity index is 453. The molecule has 0 fully saturated rings. The van der Waals surface area contributed by atoms with Gasteiger partial charge in [-0.05, 0) is 31.7 Å². The van der Waals surface area contributed by atoms with Gasteiger partial charge in [-0.3, -0.25) is 0 Å². The van der Waals surface area contributed by atoms with E-state index in [1.165, 1.54) is 7.11 Å². The maximum atomic E-state index is 12.1. The Balaban J connectivity index is 2.96. The lowest BCUT2D eigenvalue weighted by atomic mass is 10.3. The summed E-state index contributed by atoms with van der Waals surface area (Å²) in [4.78, 5) is 0.311. The van der Waals surface area contributed by atoms with Crippen molar-refractivity contribution in [3.8, 4) is 5.75 Å². The van der Waals surface area contributed by atoms with Gasteiger partial charge in [-0.1, -0.05) is 13.0 Å². The van der Waals surface area contributed by atoms with E-state index in [0.29, 0.717) is 10.6 Å². The van der Waals surface area contributed by atoms with Crippen LogP contribution in [-0.2, 0) is 9.84 Å². The summed E-state index contributed by atoms with van der Waals surface area (Å²) in [5.41, 5.74) is 0. The van der Waals surface area contributed by atoms with E-state index < -0.39 is 9.84 Å². The van der Waals surface area contributed by atoms with Crippen molar-refractivity contribution >= 4 is 9.84 Å². The van der Waals surface area contributed by atoms with Crippen LogP contribution in [-0.4, -0.2) is 34.4 Å². The number of methoxy groups -OCH3 is 1. The Kier molecular flexibility index (Phi) is 4.96. The Morgan fingerprint density at radius 1 is 1.41 bits per heavy atom. The molecule has 0 radical (unpaired) electrons. The quantitative estimate of drug-likeness (QED) is 0.838. The summed E-state index contributed by atoms with van der Waals surface area (Å²) in [6.45, 7) is 1.96. The SMILES string of the molecule is CCC(CS(=O)(=O)c1cccc(OC)c1)NC. The molecule has 0 aliphatic carbocycles. The average molecular weight is 257 g/mol. The highest BCUT2D eigenvalue weighted by Gasteiger charge is 2.19. The molecule has 17 heavy (non-hydrogen) atoms. The van der Waals surface area contributed by atoms with Crippen molar-refractivity contribution in [2.45, 2.75) is 24.3 Å². The van der Waals surface area contributed by atoms with Gasteiger partial charge in [0, 0.05) is 6.04 Å². The van der Waals surface area contributed by atoms with Crippen LogP contribution in [0.4, 0.5) is 0 Å². The van der Waals surface area contributed by atoms with Crippen LogP contribution in [0.2, 0.25) is 0 Å². The van der Waals surface area contributed by atoms with Crippen LogP contribution in [0.5, 0.6) is 5.75 Å². The molecule has 1 unspecified atom stereocenters. The predicted octanol–water partition coefficient (Wildman–Crippen LogP) is 1.47. The molecule has 1 atom stereocenters. The molecule has 1 aromatic carbocycles. The Morgan fingerprint density at radius 3 is 2.65 bits per heavy atom. The molecule has 0 aliphatic rings. The third-order valence-electron chi connectivity index (χ3n) is 2.72. The summed E-state index contributed by atoms with van der Waals surface area (Å²) in [7, 11) is 0.0363. The molecule has 1 aromatic rings. The fourth-order valence-corrected chi connectivity index (χ4v) is 3.27. The summed E-state index contributed by atoms with van der Waals surface area (Å²) in [5, 5.41) is 3.00. The summed E-state index contributed by atoms with van der Waals surface area (Å²) >= 11 is 0. The molecule has 0 aromatic heterocycles. The van der Waals surface area contributed by atoms with Crippen LogP contribution in [0.1, 0.15) is 13.3 Å². The molecule has 5 heteroatoms. The van der Waals surface area contributed by atoms with Crippen molar-refractivity contribution < 1.29 is 13.2 Å². The molecule has 96 valence electrons. The van der Waals surface area contributed by atoms with Crippen molar-refractivity contribution in [1.29, 1.82) is 0 Å². The molecule has 0 saturated carbocycles. The largest absolute Gasteiger partial charge is 0.497 e. The van der Waals surface area contributed by atoms with Gasteiger partial charge < -0.3 is 10.1 Å². The van der Waals surface area contributed by atoms with Crippen LogP contribution in [0.3, 0.4) is 0 Å². The lowest BCUT2D eigenvalue weighted by Crippen LogP contribution is -2.32. The van der Waals surface area contributed by atoms with E-state index in [1.54, 1.807) is 31.3 Å². The van der Waals surface area contributed by atoms with E-state index >= 15 is 0 Å². The van der Waals surface area contributed by atoms with E-state index in [9.17, 15) is 8.42 Å². The second-order valence-corrected chi connectivity index (χ2v) is 5.89. The minimum Gasteiger partial charge on any atom is -0.497 e. The highest BCUT2D eigenvalue weighted by atomic mass is 32.2. The van der Waals surface area contributed by atoms with E-state index in [1.807, 2.05) is 6.92 Å². The first kappa shape index (κ1) is 14.0. The zero-order chi connectivity index (χ0) is 12.9. The maximum Gasteiger partial charge on any atom is 0.180 e. The van der Waals surface area contributed by atoms with Gasteiger partial charge in [0.05, 0.1) is 17.8 Å². The third kappa shape index (κ3) is 3.71. The van der Waals surface area contributed by atoms with Gasteiger partial charge in [-0.2, -0.15) is 0 Å². The summed E-state index contributed by atoms with van der Waals surface area (Å²) in [5.74, 6) is 0.663. The van der Waals surface area contributed by atoms with Gasteiger partial charge in [0.25, 0.3) is 0 Å². The maximum absolute atomic E-state index is 12.1. The second kappa shape index (κ2) is 6.02. The molecule has 0 spiro atoms. The highest BCUT2D eigenvalue weighted by molar-refractivity contribution is 7.91. The topological polar surface area (TPSA) is 55.4 Å². The Morgan fingerprint density at radius 2 is 2.12 bits per heavy atom. The van der Waals surface area contributed by atoms with Crippen molar-refractivity contribution in [2.24, 2.45) is 0 Å². The highest BCUT2D eigenvalue weighted by Crippen LogP contribution is 2.19. The number of rotatable bonds is 6. The molecule has 0 bridgehead atoms. The van der Waals surface area contributed by atoms with Gasteiger partial charge in [-0.25, -0.2) is 8.42 Å². The number of ether oxygens (including phenoxy) is 1. The van der Waals surface area contributed by atoms with Crippen LogP contribution in [0.25, 0.3) is 0 Å². The fraction of sp³-hybridized carbons (Fsp3) is 0.500. The minimum atomic E-state index is -3.26. The molecule has 1 rings (SSSR count). The van der Waals surface area contributed by atoms with Crippen molar-refractivity contribution in [1.82, 2.24) is 5.32 Å². The van der Waals surface area contributed by atoms with E-state index in [2.05, 4.69) is 5.32 Å². The first-order valence-electron chi connectivity index (χ1n) is 5.57. The summed E-state index contributed by atoms with van der Waals surface area (Å²) in [6, 6.07) is 6.55. The third-order valence-corrected chi connectivity index (χ3v) is 4.54. The van der Waals surface area contributed by atoms with Gasteiger partial charge in [0.1, 0.15) is 5.75 Å². The Labute approximate surface area is 103 Å². The standard InChI is InChI=1S/C12H19NO3S/c1-4-10(13-2)9-17(14,15)12-7-5-6-11(8-12)16-3/h5-8,10,13H,4,9H2,1-3H3. The zero-order valence-electron chi connectivity index (χ0n) is 10.4. The fourth-order valence-electron chi connectivity index (χ4n) is 1.56. The molecule has 4 nitrogen and oxygen atoms in total. The molecule has 0 heterocycles. The van der Waals surface area contributed by atoms with Crippen molar-refractivity contribution in [3.05, 3.63) is 24.3 Å². The average Bonchev–Trinajstić information content (AvgIpc) is 2.36. The van der Waals surface area contributed by atoms with Crippen LogP contribution in [0, 0.1) is 0 Å². The van der Waals surface area contributed by atoms with Crippen molar-refractivity contribution in [2.75, 3.05) is 19.9 Å². The van der Waals surface area contributed by atoms with Crippen molar-refractivity contribution in [3.63, 3.8) is 0 Å². The lowest BCUT2D eigenvalue weighted by Gasteiger charge is -2.14. The van der Waals surface area contributed by atoms with Gasteiger partial charge in [0.2, 0.25) is 0 Å². The summed E-state index contributed by atoms with van der Waals surface area (Å²) < 4.78 is 29.3. The minimum absolute atomic E-state index is 0.0220. The molecular formula is C12H19NO3S. The lowest BCUT2D eigenvalue weighted by molar-refractivity contribution is 0.413. The molecular weight excluding hydrogens is 238 g/mol. The summed E-state index contributed by atoms with van der Waals surface area (Å²) in [6.07, 6.45) is 0.777. The molecule has 1 N–H and O–H groups in total. The van der Waals surface area contributed by atoms with Crippen LogP contribution in [0.15, 0.2) is 29.2 Å². The van der Waals surface area contributed by atoms with Crippen LogP contribution < -0.4 is 10.1 Å². The van der Waals surface area contributed by atoms with Crippen LogP contribution >= 0.6 is 0 Å². The smallest absolute Gasteiger partial charge is 0.180 e. The molecule has 0 saturated heterocycles. The number of sulfone groups is 1. The van der Waals surface area contributed by atoms with E-state index in [-0.39, 0.29) is 11.8 Å². The van der Waals surface area contributed by atoms with E-state index in [0.717, 1.165) is 6.42 Å².